The van der Waals surface area contributed by atoms with Crippen molar-refractivity contribution in [2.24, 2.45) is 23.7 Å². The van der Waals surface area contributed by atoms with Crippen molar-refractivity contribution in [2.75, 3.05) is 0 Å². The van der Waals surface area contributed by atoms with E-state index in [-0.39, 0.29) is 35.2 Å². The minimum atomic E-state index is -0.178. The maximum Gasteiger partial charge on any atom is 0.168 e. The monoisotopic (exact) mass is 275 g/mol. The summed E-state index contributed by atoms with van der Waals surface area (Å²) in [6.45, 7) is 0. The molecule has 3 nitrogen and oxygen atoms in total. The molecular weight excluding hydrogens is 262 g/mol. The van der Waals surface area contributed by atoms with Crippen LogP contribution in [0.4, 0.5) is 0 Å². The maximum absolute atomic E-state index is 12.8. The number of hydrogen-bond acceptors (Lipinski definition) is 3. The molecule has 3 aliphatic carbocycles. The van der Waals surface area contributed by atoms with Crippen LogP contribution in [0.25, 0.3) is 5.57 Å². The number of hydrogen-bond donors (Lipinski definition) is 0. The lowest BCUT2D eigenvalue weighted by Crippen LogP contribution is -2.36. The van der Waals surface area contributed by atoms with E-state index in [0.29, 0.717) is 11.1 Å². The summed E-state index contributed by atoms with van der Waals surface area (Å²) >= 11 is 0. The largest absolute Gasteiger partial charge is 0.294 e. The number of nitrogens with zero attached hydrogens (tertiary/aromatic N) is 1. The first-order valence-electron chi connectivity index (χ1n) is 7.17. The predicted octanol–water partition coefficient (Wildman–Crippen LogP) is 2.53. The van der Waals surface area contributed by atoms with Gasteiger partial charge in [0.1, 0.15) is 0 Å². The van der Waals surface area contributed by atoms with Crippen LogP contribution in [0, 0.1) is 35.0 Å². The Morgan fingerprint density at radius 1 is 1.00 bits per heavy atom. The van der Waals surface area contributed by atoms with Gasteiger partial charge < -0.3 is 0 Å². The summed E-state index contributed by atoms with van der Waals surface area (Å²) in [7, 11) is 0. The van der Waals surface area contributed by atoms with E-state index in [4.69, 9.17) is 5.26 Å². The van der Waals surface area contributed by atoms with Gasteiger partial charge >= 0.3 is 0 Å². The molecule has 1 aromatic carbocycles. The molecule has 0 radical (unpaired) electrons. The Labute approximate surface area is 122 Å². The van der Waals surface area contributed by atoms with Gasteiger partial charge in [0.25, 0.3) is 0 Å². The van der Waals surface area contributed by atoms with Crippen LogP contribution in [0.3, 0.4) is 0 Å². The molecule has 1 saturated carbocycles. The average molecular weight is 275 g/mol. The van der Waals surface area contributed by atoms with E-state index >= 15 is 0 Å². The van der Waals surface area contributed by atoms with Crippen molar-refractivity contribution in [2.45, 2.75) is 6.42 Å². The van der Waals surface area contributed by atoms with E-state index < -0.39 is 0 Å². The molecule has 0 N–H and O–H groups in total. The molecule has 0 saturated heterocycles. The van der Waals surface area contributed by atoms with Gasteiger partial charge in [0, 0.05) is 17.4 Å². The third kappa shape index (κ3) is 1.66. The maximum atomic E-state index is 12.8. The second-order valence-corrected chi connectivity index (χ2v) is 6.01. The molecule has 4 rings (SSSR count). The number of rotatable bonds is 1. The van der Waals surface area contributed by atoms with Crippen molar-refractivity contribution in [1.29, 1.82) is 5.26 Å². The first-order valence-corrected chi connectivity index (χ1v) is 7.17. The number of Topliss-reactive ketones (excluding diaryl/α,β-unsaturated/α-hetero) is 1. The highest BCUT2D eigenvalue weighted by molar-refractivity contribution is 6.29. The smallest absolute Gasteiger partial charge is 0.168 e. The highest BCUT2D eigenvalue weighted by Crippen LogP contribution is 2.52. The van der Waals surface area contributed by atoms with E-state index in [1.54, 1.807) is 24.3 Å². The number of ketones is 2. The third-order valence-electron chi connectivity index (χ3n) is 4.97. The zero-order chi connectivity index (χ0) is 14.6. The van der Waals surface area contributed by atoms with Crippen molar-refractivity contribution in [1.82, 2.24) is 0 Å². The number of carbonyl (C=O) groups is 2. The molecule has 0 aromatic heterocycles. The Morgan fingerprint density at radius 3 is 2.33 bits per heavy atom. The third-order valence-corrected chi connectivity index (χ3v) is 4.97. The minimum absolute atomic E-state index is 0.0795. The van der Waals surface area contributed by atoms with Crippen molar-refractivity contribution >= 4 is 17.1 Å². The first-order chi connectivity index (χ1) is 10.2. The molecule has 4 unspecified atom stereocenters. The van der Waals surface area contributed by atoms with Crippen LogP contribution in [-0.4, -0.2) is 11.6 Å². The van der Waals surface area contributed by atoms with Gasteiger partial charge in [-0.25, -0.2) is 0 Å². The topological polar surface area (TPSA) is 57.9 Å². The van der Waals surface area contributed by atoms with Gasteiger partial charge in [-0.3, -0.25) is 9.59 Å². The standard InChI is InChI=1S/C18H13NO2/c19-9-10-1-3-11(4-2-10)14-8-15(20)16-12-5-6-13(7-12)17(16)18(14)21/h1-6,8,12-13,16-17H,7H2. The molecule has 0 aliphatic heterocycles. The average Bonchev–Trinajstić information content (AvgIpc) is 3.12. The lowest BCUT2D eigenvalue weighted by molar-refractivity contribution is -0.128. The molecule has 3 heteroatoms. The molecule has 1 fully saturated rings. The van der Waals surface area contributed by atoms with Gasteiger partial charge in [0.15, 0.2) is 11.6 Å². The lowest BCUT2D eigenvalue weighted by Gasteiger charge is -2.29. The molecule has 0 spiro atoms. The Bertz CT molecular complexity index is 748. The molecule has 0 heterocycles. The van der Waals surface area contributed by atoms with Crippen LogP contribution < -0.4 is 0 Å². The highest BCUT2D eigenvalue weighted by Gasteiger charge is 2.53. The van der Waals surface area contributed by atoms with Crippen molar-refractivity contribution in [3.05, 3.63) is 53.6 Å². The number of benzene rings is 1. The quantitative estimate of drug-likeness (QED) is 0.740. The van der Waals surface area contributed by atoms with Crippen LogP contribution in [0.2, 0.25) is 0 Å². The molecule has 102 valence electrons. The number of nitriles is 1. The van der Waals surface area contributed by atoms with Crippen LogP contribution in [0.5, 0.6) is 0 Å². The first kappa shape index (κ1) is 12.3. The Hall–Kier alpha value is -2.47. The summed E-state index contributed by atoms with van der Waals surface area (Å²) in [6, 6.07) is 8.92. The van der Waals surface area contributed by atoms with Crippen LogP contribution in [0.1, 0.15) is 17.5 Å². The van der Waals surface area contributed by atoms with Crippen LogP contribution in [0.15, 0.2) is 42.5 Å². The zero-order valence-corrected chi connectivity index (χ0v) is 11.3. The normalized spacial score (nSPS) is 32.8. The van der Waals surface area contributed by atoms with Crippen molar-refractivity contribution in [3.63, 3.8) is 0 Å². The van der Waals surface area contributed by atoms with E-state index in [1.165, 1.54) is 6.08 Å². The van der Waals surface area contributed by atoms with Gasteiger partial charge in [-0.05, 0) is 42.0 Å². The second kappa shape index (κ2) is 4.26. The number of carbonyl (C=O) groups excluding carboxylic acids is 2. The summed E-state index contributed by atoms with van der Waals surface area (Å²) in [5.41, 5.74) is 1.79. The predicted molar refractivity (Wildman–Crippen MR) is 76.9 cm³/mol. The van der Waals surface area contributed by atoms with Crippen LogP contribution in [-0.2, 0) is 9.59 Å². The fourth-order valence-corrected chi connectivity index (χ4v) is 4.01. The minimum Gasteiger partial charge on any atom is -0.294 e. The SMILES string of the molecule is N#Cc1ccc(C2=CC(=O)C3C4C=CC(C4)C3C2=O)cc1. The van der Waals surface area contributed by atoms with Gasteiger partial charge in [-0.15, -0.1) is 0 Å². The molecule has 2 bridgehead atoms. The van der Waals surface area contributed by atoms with Gasteiger partial charge in [-0.2, -0.15) is 5.26 Å². The molecular formula is C18H13NO2. The zero-order valence-electron chi connectivity index (χ0n) is 11.3. The molecule has 4 atom stereocenters. The summed E-state index contributed by atoms with van der Waals surface area (Å²) < 4.78 is 0. The number of fused-ring (bicyclic) bond motifs is 5. The number of allylic oxidation sites excluding steroid dienone is 4. The Kier molecular flexibility index (Phi) is 2.49. The van der Waals surface area contributed by atoms with E-state index in [2.05, 4.69) is 18.2 Å². The van der Waals surface area contributed by atoms with Gasteiger partial charge in [0.2, 0.25) is 0 Å². The molecule has 0 amide bonds. The summed E-state index contributed by atoms with van der Waals surface area (Å²) in [5.74, 6) is 0.309. The van der Waals surface area contributed by atoms with Crippen molar-refractivity contribution < 1.29 is 9.59 Å². The summed E-state index contributed by atoms with van der Waals surface area (Å²) in [6.07, 6.45) is 6.64. The Balaban J connectivity index is 1.75. The second-order valence-electron chi connectivity index (χ2n) is 6.01. The lowest BCUT2D eigenvalue weighted by atomic mass is 9.71. The van der Waals surface area contributed by atoms with E-state index in [1.807, 2.05) is 0 Å². The van der Waals surface area contributed by atoms with E-state index in [9.17, 15) is 9.59 Å². The van der Waals surface area contributed by atoms with Crippen LogP contribution >= 0.6 is 0 Å². The summed E-state index contributed by atoms with van der Waals surface area (Å²) in [4.78, 5) is 25.2. The van der Waals surface area contributed by atoms with Gasteiger partial charge in [0.05, 0.1) is 11.6 Å². The van der Waals surface area contributed by atoms with E-state index in [0.717, 1.165) is 12.0 Å². The van der Waals surface area contributed by atoms with Crippen molar-refractivity contribution in [3.8, 4) is 6.07 Å². The molecule has 3 aliphatic rings. The fourth-order valence-electron chi connectivity index (χ4n) is 4.01. The highest BCUT2D eigenvalue weighted by atomic mass is 16.1. The summed E-state index contributed by atoms with van der Waals surface area (Å²) in [5, 5.41) is 8.83. The van der Waals surface area contributed by atoms with Gasteiger partial charge in [-0.1, -0.05) is 24.3 Å². The Morgan fingerprint density at radius 2 is 1.67 bits per heavy atom. The fraction of sp³-hybridized carbons (Fsp3) is 0.278. The molecule has 1 aromatic rings. The molecule has 21 heavy (non-hydrogen) atoms.